The summed E-state index contributed by atoms with van der Waals surface area (Å²) in [5, 5.41) is 3.31. The van der Waals surface area contributed by atoms with Gasteiger partial charge < -0.3 is 10.1 Å². The van der Waals surface area contributed by atoms with E-state index in [-0.39, 0.29) is 18.5 Å². The van der Waals surface area contributed by atoms with Crippen molar-refractivity contribution in [1.82, 2.24) is 14.9 Å². The molecule has 27 heavy (non-hydrogen) atoms. The molecule has 0 spiro atoms. The summed E-state index contributed by atoms with van der Waals surface area (Å²) in [4.78, 5) is 38.9. The Balaban J connectivity index is 1.84. The van der Waals surface area contributed by atoms with Crippen LogP contribution in [0.5, 0.6) is 5.75 Å². The van der Waals surface area contributed by atoms with Gasteiger partial charge in [-0.2, -0.15) is 0 Å². The topological polar surface area (TPSA) is 93.2 Å². The molecule has 1 amide bonds. The predicted octanol–water partition coefficient (Wildman–Crippen LogP) is 1.97. The zero-order valence-electron chi connectivity index (χ0n) is 15.2. The Labute approximate surface area is 155 Å². The van der Waals surface area contributed by atoms with Gasteiger partial charge in [-0.1, -0.05) is 31.2 Å². The van der Waals surface area contributed by atoms with Gasteiger partial charge in [-0.3, -0.25) is 19.1 Å². The van der Waals surface area contributed by atoms with Gasteiger partial charge in [0, 0.05) is 0 Å². The summed E-state index contributed by atoms with van der Waals surface area (Å²) in [6, 6.07) is 14.0. The number of hydrogen-bond acceptors (Lipinski definition) is 4. The van der Waals surface area contributed by atoms with E-state index in [1.165, 1.54) is 4.57 Å². The first-order valence-corrected chi connectivity index (χ1v) is 8.68. The fourth-order valence-electron chi connectivity index (χ4n) is 3.04. The van der Waals surface area contributed by atoms with Gasteiger partial charge in [0.15, 0.2) is 0 Å². The maximum atomic E-state index is 12.6. The van der Waals surface area contributed by atoms with Crippen LogP contribution < -0.4 is 21.3 Å². The highest BCUT2D eigenvalue weighted by molar-refractivity contribution is 5.81. The smallest absolute Gasteiger partial charge is 0.329 e. The number of nitrogens with zero attached hydrogens (tertiary/aromatic N) is 1. The molecule has 0 fully saturated rings. The van der Waals surface area contributed by atoms with E-state index in [1.54, 1.807) is 31.4 Å². The van der Waals surface area contributed by atoms with Crippen LogP contribution >= 0.6 is 0 Å². The van der Waals surface area contributed by atoms with Crippen LogP contribution in [0.25, 0.3) is 10.9 Å². The number of rotatable bonds is 6. The molecule has 0 radical (unpaired) electrons. The second kappa shape index (κ2) is 7.90. The van der Waals surface area contributed by atoms with Crippen LogP contribution in [0.1, 0.15) is 24.9 Å². The number of H-pyrrole nitrogens is 1. The van der Waals surface area contributed by atoms with Crippen molar-refractivity contribution >= 4 is 16.8 Å². The Bertz CT molecular complexity index is 1070. The van der Waals surface area contributed by atoms with E-state index < -0.39 is 11.2 Å². The lowest BCUT2D eigenvalue weighted by atomic mass is 10.0. The highest BCUT2D eigenvalue weighted by Crippen LogP contribution is 2.20. The second-order valence-electron chi connectivity index (χ2n) is 6.16. The first-order valence-electron chi connectivity index (χ1n) is 8.68. The minimum atomic E-state index is -0.605. The highest BCUT2D eigenvalue weighted by Gasteiger charge is 2.15. The summed E-state index contributed by atoms with van der Waals surface area (Å²) in [5.74, 6) is 0.433. The van der Waals surface area contributed by atoms with Gasteiger partial charge in [0.1, 0.15) is 12.3 Å². The number of aromatic amines is 1. The van der Waals surface area contributed by atoms with E-state index in [4.69, 9.17) is 4.74 Å². The summed E-state index contributed by atoms with van der Waals surface area (Å²) < 4.78 is 6.42. The fourth-order valence-corrected chi connectivity index (χ4v) is 3.04. The van der Waals surface area contributed by atoms with Gasteiger partial charge in [0.25, 0.3) is 5.56 Å². The van der Waals surface area contributed by atoms with E-state index >= 15 is 0 Å². The Hall–Kier alpha value is -3.35. The molecule has 2 N–H and O–H groups in total. The van der Waals surface area contributed by atoms with E-state index in [2.05, 4.69) is 10.3 Å². The SMILES string of the molecule is CC[C@@H](NC(=O)Cn1c(=O)[nH]c(=O)c2ccccc21)c1ccc(OC)cc1. The molecule has 1 heterocycles. The number of aromatic nitrogens is 2. The lowest BCUT2D eigenvalue weighted by Crippen LogP contribution is -2.37. The lowest BCUT2D eigenvalue weighted by molar-refractivity contribution is -0.122. The largest absolute Gasteiger partial charge is 0.497 e. The van der Waals surface area contributed by atoms with Crippen molar-refractivity contribution in [3.8, 4) is 5.75 Å². The molecule has 1 atom stereocenters. The third-order valence-electron chi connectivity index (χ3n) is 4.47. The molecule has 0 saturated carbocycles. The van der Waals surface area contributed by atoms with Crippen LogP contribution in [0.15, 0.2) is 58.1 Å². The Kier molecular flexibility index (Phi) is 5.40. The van der Waals surface area contributed by atoms with Crippen molar-refractivity contribution in [3.63, 3.8) is 0 Å². The average molecular weight is 367 g/mol. The lowest BCUT2D eigenvalue weighted by Gasteiger charge is -2.18. The summed E-state index contributed by atoms with van der Waals surface area (Å²) in [5.41, 5.74) is 0.312. The molecule has 140 valence electrons. The summed E-state index contributed by atoms with van der Waals surface area (Å²) >= 11 is 0. The van der Waals surface area contributed by atoms with Gasteiger partial charge in [0.05, 0.1) is 24.1 Å². The highest BCUT2D eigenvalue weighted by atomic mass is 16.5. The van der Waals surface area contributed by atoms with Crippen molar-refractivity contribution in [2.75, 3.05) is 7.11 Å². The van der Waals surface area contributed by atoms with E-state index in [0.29, 0.717) is 17.3 Å². The number of benzene rings is 2. The molecule has 0 saturated heterocycles. The zero-order chi connectivity index (χ0) is 19.4. The van der Waals surface area contributed by atoms with E-state index in [0.717, 1.165) is 11.3 Å². The maximum Gasteiger partial charge on any atom is 0.329 e. The number of amides is 1. The molecular weight excluding hydrogens is 346 g/mol. The normalized spacial score (nSPS) is 11.9. The minimum absolute atomic E-state index is 0.178. The van der Waals surface area contributed by atoms with Crippen LogP contribution in [-0.4, -0.2) is 22.6 Å². The average Bonchev–Trinajstić information content (AvgIpc) is 2.69. The van der Waals surface area contributed by atoms with E-state index in [9.17, 15) is 14.4 Å². The molecule has 7 nitrogen and oxygen atoms in total. The molecule has 0 unspecified atom stereocenters. The van der Waals surface area contributed by atoms with Gasteiger partial charge in [-0.15, -0.1) is 0 Å². The van der Waals surface area contributed by atoms with Crippen molar-refractivity contribution in [2.45, 2.75) is 25.9 Å². The standard InChI is InChI=1S/C20H21N3O4/c1-3-16(13-8-10-14(27-2)11-9-13)21-18(24)12-23-17-7-5-4-6-15(17)19(25)22-20(23)26/h4-11,16H,3,12H2,1-2H3,(H,21,24)(H,22,25,26)/t16-/m1/s1. The second-order valence-corrected chi connectivity index (χ2v) is 6.16. The molecule has 3 aromatic rings. The van der Waals surface area contributed by atoms with Crippen molar-refractivity contribution in [2.24, 2.45) is 0 Å². The fraction of sp³-hybridized carbons (Fsp3) is 0.250. The molecule has 1 aromatic heterocycles. The Morgan fingerprint density at radius 2 is 1.85 bits per heavy atom. The number of para-hydroxylation sites is 1. The number of hydrogen-bond donors (Lipinski definition) is 2. The summed E-state index contributed by atoms with van der Waals surface area (Å²) in [6.07, 6.45) is 0.694. The molecular formula is C20H21N3O4. The molecule has 0 aliphatic rings. The Morgan fingerprint density at radius 3 is 2.52 bits per heavy atom. The number of carbonyl (C=O) groups is 1. The molecule has 2 aromatic carbocycles. The molecule has 0 aliphatic carbocycles. The molecule has 7 heteroatoms. The van der Waals surface area contributed by atoms with Crippen molar-refractivity contribution in [1.29, 1.82) is 0 Å². The summed E-state index contributed by atoms with van der Waals surface area (Å²) in [6.45, 7) is 1.79. The minimum Gasteiger partial charge on any atom is -0.497 e. The maximum absolute atomic E-state index is 12.6. The van der Waals surface area contributed by atoms with Crippen LogP contribution in [0.3, 0.4) is 0 Å². The number of nitrogens with one attached hydrogen (secondary N) is 2. The monoisotopic (exact) mass is 367 g/mol. The van der Waals surface area contributed by atoms with Gasteiger partial charge >= 0.3 is 5.69 Å². The van der Waals surface area contributed by atoms with Crippen LogP contribution in [0, 0.1) is 0 Å². The van der Waals surface area contributed by atoms with Gasteiger partial charge in [-0.25, -0.2) is 4.79 Å². The third-order valence-corrected chi connectivity index (χ3v) is 4.47. The predicted molar refractivity (Wildman–Crippen MR) is 103 cm³/mol. The van der Waals surface area contributed by atoms with Crippen LogP contribution in [0.4, 0.5) is 0 Å². The van der Waals surface area contributed by atoms with E-state index in [1.807, 2.05) is 31.2 Å². The van der Waals surface area contributed by atoms with Crippen LogP contribution in [-0.2, 0) is 11.3 Å². The number of methoxy groups -OCH3 is 1. The molecule has 0 aliphatic heterocycles. The van der Waals surface area contributed by atoms with Crippen molar-refractivity contribution < 1.29 is 9.53 Å². The van der Waals surface area contributed by atoms with Gasteiger partial charge in [0.2, 0.25) is 5.91 Å². The quantitative estimate of drug-likeness (QED) is 0.697. The van der Waals surface area contributed by atoms with Crippen molar-refractivity contribution in [3.05, 3.63) is 74.9 Å². The Morgan fingerprint density at radius 1 is 1.15 bits per heavy atom. The molecule has 0 bridgehead atoms. The zero-order valence-corrected chi connectivity index (χ0v) is 15.2. The first kappa shape index (κ1) is 18.4. The van der Waals surface area contributed by atoms with Gasteiger partial charge in [-0.05, 0) is 36.2 Å². The van der Waals surface area contributed by atoms with Crippen LogP contribution in [0.2, 0.25) is 0 Å². The summed E-state index contributed by atoms with van der Waals surface area (Å²) in [7, 11) is 1.60. The number of carbonyl (C=O) groups excluding carboxylic acids is 1. The molecule has 3 rings (SSSR count). The third kappa shape index (κ3) is 3.92. The first-order chi connectivity index (χ1) is 13.0. The number of ether oxygens (including phenoxy) is 1. The number of fused-ring (bicyclic) bond motifs is 1.